The van der Waals surface area contributed by atoms with Gasteiger partial charge in [0.15, 0.2) is 9.49 Å². The van der Waals surface area contributed by atoms with E-state index in [0.717, 1.165) is 0 Å². The Labute approximate surface area is 152 Å². The van der Waals surface area contributed by atoms with Crippen molar-refractivity contribution in [2.75, 3.05) is 13.2 Å². The predicted octanol–water partition coefficient (Wildman–Crippen LogP) is 1.79. The second-order valence-electron chi connectivity index (χ2n) is 5.77. The van der Waals surface area contributed by atoms with Gasteiger partial charge in [-0.3, -0.25) is 9.11 Å². The van der Waals surface area contributed by atoms with Gasteiger partial charge in [-0.05, 0) is 34.1 Å². The summed E-state index contributed by atoms with van der Waals surface area (Å²) in [6, 6.07) is 0. The summed E-state index contributed by atoms with van der Waals surface area (Å²) in [7, 11) is -10.2. The van der Waals surface area contributed by atoms with Crippen LogP contribution in [0.4, 0.5) is 26.3 Å². The van der Waals surface area contributed by atoms with Gasteiger partial charge in [-0.25, -0.2) is 0 Å². The van der Waals surface area contributed by atoms with Gasteiger partial charge in [0.2, 0.25) is 0 Å². The van der Waals surface area contributed by atoms with E-state index in [1.165, 1.54) is 0 Å². The Kier molecular flexibility index (Phi) is 11.7. The van der Waals surface area contributed by atoms with Crippen molar-refractivity contribution in [3.8, 4) is 0 Å². The molecule has 27 heavy (non-hydrogen) atoms. The zero-order valence-corrected chi connectivity index (χ0v) is 16.3. The quantitative estimate of drug-likeness (QED) is 0.366. The Hall–Kier alpha value is -0.680. The summed E-state index contributed by atoms with van der Waals surface area (Å²) in [4.78, 5) is 0. The summed E-state index contributed by atoms with van der Waals surface area (Å²) < 4.78 is 121. The van der Waals surface area contributed by atoms with Gasteiger partial charge in [-0.2, -0.15) is 43.2 Å². The van der Waals surface area contributed by atoms with E-state index in [2.05, 4.69) is 0 Å². The van der Waals surface area contributed by atoms with Crippen LogP contribution in [0, 0.1) is 0 Å². The first-order valence-electron chi connectivity index (χ1n) is 6.71. The second-order valence-corrected chi connectivity index (χ2v) is 9.71. The zero-order chi connectivity index (χ0) is 23.1. The fourth-order valence-corrected chi connectivity index (χ4v) is 0.948. The van der Waals surface area contributed by atoms with Gasteiger partial charge in [0.05, 0.1) is 0 Å². The molecule has 0 spiro atoms. The third kappa shape index (κ3) is 9.89. The minimum atomic E-state index is -5.09. The molecule has 0 atom stereocenters. The lowest BCUT2D eigenvalue weighted by atomic mass is 10.2. The van der Waals surface area contributed by atoms with Crippen molar-refractivity contribution < 1.29 is 62.5 Å². The van der Waals surface area contributed by atoms with E-state index >= 15 is 0 Å². The molecule has 0 aromatic heterocycles. The molecule has 0 aromatic carbocycles. The summed E-state index contributed by atoms with van der Waals surface area (Å²) in [6.07, 6.45) is -9.42. The third-order valence-electron chi connectivity index (χ3n) is 2.97. The van der Waals surface area contributed by atoms with E-state index in [9.17, 15) is 43.2 Å². The predicted molar refractivity (Wildman–Crippen MR) is 82.2 cm³/mol. The molecule has 4 N–H and O–H groups in total. The highest BCUT2D eigenvalue weighted by Gasteiger charge is 2.57. The van der Waals surface area contributed by atoms with E-state index in [0.29, 0.717) is 34.1 Å². The highest BCUT2D eigenvalue weighted by atomic mass is 32.2. The first kappa shape index (κ1) is 31.0. The van der Waals surface area contributed by atoms with Crippen LogP contribution in [0.15, 0.2) is 0 Å². The van der Waals surface area contributed by atoms with Crippen LogP contribution in [0.25, 0.3) is 0 Å². The molecular weight excluding hydrogens is 438 g/mol. The Bertz CT molecular complexity index is 579. The van der Waals surface area contributed by atoms with E-state index < -0.39 is 42.1 Å². The average Bonchev–Trinajstić information content (AvgIpc) is 2.35. The van der Waals surface area contributed by atoms with Gasteiger partial charge < -0.3 is 10.2 Å². The van der Waals surface area contributed by atoms with Crippen molar-refractivity contribution in [2.24, 2.45) is 0 Å². The lowest BCUT2D eigenvalue weighted by Crippen LogP contribution is -2.46. The van der Waals surface area contributed by atoms with Gasteiger partial charge in [-0.1, -0.05) is 0 Å². The SMILES string of the molecule is CC(C)(C(F)(F)F)S(=O)(=O)O.CC(C)(C(F)(F)F)S(=O)(=O)O.OCCCO. The number of aliphatic hydroxyl groups excluding tert-OH is 2. The zero-order valence-electron chi connectivity index (χ0n) is 14.6. The van der Waals surface area contributed by atoms with Crippen molar-refractivity contribution in [1.82, 2.24) is 0 Å². The van der Waals surface area contributed by atoms with Crippen molar-refractivity contribution in [2.45, 2.75) is 56.0 Å². The number of rotatable bonds is 4. The second kappa shape index (κ2) is 10.2. The number of halogens is 6. The van der Waals surface area contributed by atoms with Crippen LogP contribution in [-0.4, -0.2) is 71.2 Å². The van der Waals surface area contributed by atoms with Crippen molar-refractivity contribution in [3.63, 3.8) is 0 Å². The molecule has 0 heterocycles. The van der Waals surface area contributed by atoms with E-state index in [4.69, 9.17) is 19.3 Å². The molecule has 0 fully saturated rings. The largest absolute Gasteiger partial charge is 0.409 e. The smallest absolute Gasteiger partial charge is 0.396 e. The molecular formula is C11H22F6O8S2. The Morgan fingerprint density at radius 2 is 0.815 bits per heavy atom. The van der Waals surface area contributed by atoms with E-state index in [1.807, 2.05) is 0 Å². The van der Waals surface area contributed by atoms with Gasteiger partial charge >= 0.3 is 12.4 Å². The molecule has 0 radical (unpaired) electrons. The van der Waals surface area contributed by atoms with Gasteiger partial charge in [0.25, 0.3) is 20.2 Å². The van der Waals surface area contributed by atoms with Gasteiger partial charge in [-0.15, -0.1) is 0 Å². The molecule has 0 aliphatic carbocycles. The number of hydrogen-bond donors (Lipinski definition) is 4. The highest BCUT2D eigenvalue weighted by molar-refractivity contribution is 7.87. The van der Waals surface area contributed by atoms with Crippen LogP contribution < -0.4 is 0 Å². The summed E-state index contributed by atoms with van der Waals surface area (Å²) in [5, 5.41) is 15.8. The topological polar surface area (TPSA) is 149 Å². The molecule has 16 heteroatoms. The summed E-state index contributed by atoms with van der Waals surface area (Å²) in [6.45, 7) is 1.75. The summed E-state index contributed by atoms with van der Waals surface area (Å²) >= 11 is 0. The minimum Gasteiger partial charge on any atom is -0.396 e. The summed E-state index contributed by atoms with van der Waals surface area (Å²) in [5.41, 5.74) is 0. The van der Waals surface area contributed by atoms with Crippen molar-refractivity contribution in [3.05, 3.63) is 0 Å². The van der Waals surface area contributed by atoms with Crippen LogP contribution in [0.5, 0.6) is 0 Å². The molecule has 0 amide bonds. The van der Waals surface area contributed by atoms with Crippen LogP contribution in [0.3, 0.4) is 0 Å². The molecule has 0 bridgehead atoms. The van der Waals surface area contributed by atoms with Gasteiger partial charge in [0, 0.05) is 13.2 Å². The van der Waals surface area contributed by atoms with Crippen molar-refractivity contribution >= 4 is 20.2 Å². The molecule has 8 nitrogen and oxygen atoms in total. The molecule has 0 saturated heterocycles. The maximum absolute atomic E-state index is 11.8. The number of hydrogen-bond acceptors (Lipinski definition) is 6. The molecule has 0 rings (SSSR count). The molecule has 168 valence electrons. The van der Waals surface area contributed by atoms with Crippen LogP contribution in [-0.2, 0) is 20.2 Å². The van der Waals surface area contributed by atoms with Crippen LogP contribution in [0.2, 0.25) is 0 Å². The van der Waals surface area contributed by atoms with Gasteiger partial charge in [0.1, 0.15) is 0 Å². The maximum atomic E-state index is 11.8. The normalized spacial score (nSPS) is 13.9. The van der Waals surface area contributed by atoms with E-state index in [1.54, 1.807) is 0 Å². The van der Waals surface area contributed by atoms with E-state index in [-0.39, 0.29) is 13.2 Å². The van der Waals surface area contributed by atoms with Crippen LogP contribution in [0.1, 0.15) is 34.1 Å². The fraction of sp³-hybridized carbons (Fsp3) is 1.00. The lowest BCUT2D eigenvalue weighted by molar-refractivity contribution is -0.155. The Morgan fingerprint density at radius 3 is 0.815 bits per heavy atom. The standard InChI is InChI=1S/2C4H7F3O3S.C3H8O2/c2*1-3(2,4(5,6)7)11(8,9)10;4-2-1-3-5/h2*1-2H3,(H,8,9,10);4-5H,1-3H2. The fourth-order valence-electron chi connectivity index (χ4n) is 0.363. The summed E-state index contributed by atoms with van der Waals surface area (Å²) in [5.74, 6) is 0. The van der Waals surface area contributed by atoms with Crippen molar-refractivity contribution in [1.29, 1.82) is 0 Å². The highest BCUT2D eigenvalue weighted by Crippen LogP contribution is 2.36. The monoisotopic (exact) mass is 460 g/mol. The molecule has 0 aliphatic heterocycles. The Morgan fingerprint density at radius 1 is 0.630 bits per heavy atom. The third-order valence-corrected chi connectivity index (χ3v) is 6.01. The molecule has 0 aromatic rings. The first-order valence-corrected chi connectivity index (χ1v) is 9.59. The molecule has 0 saturated carbocycles. The first-order chi connectivity index (χ1) is 11.4. The Balaban J connectivity index is -0.000000344. The molecule has 0 aliphatic rings. The number of aliphatic hydroxyl groups is 2. The van der Waals surface area contributed by atoms with Crippen LogP contribution >= 0.6 is 0 Å². The lowest BCUT2D eigenvalue weighted by Gasteiger charge is -2.23. The minimum absolute atomic E-state index is 0.0938. The number of alkyl halides is 6. The maximum Gasteiger partial charge on any atom is 0.409 e. The molecule has 0 unspecified atom stereocenters. The average molecular weight is 460 g/mol.